The summed E-state index contributed by atoms with van der Waals surface area (Å²) in [6.07, 6.45) is -0.0702. The Morgan fingerprint density at radius 2 is 2.08 bits per heavy atom. The number of carbonyl (C=O) groups excluding carboxylic acids is 3. The van der Waals surface area contributed by atoms with Crippen LogP contribution in [0.5, 0.6) is 0 Å². The lowest BCUT2D eigenvalue weighted by atomic mass is 10.1. The van der Waals surface area contributed by atoms with E-state index in [1.165, 1.54) is 7.11 Å². The van der Waals surface area contributed by atoms with E-state index in [-0.39, 0.29) is 24.8 Å². The fourth-order valence-electron chi connectivity index (χ4n) is 2.62. The molecule has 2 rings (SSSR count). The van der Waals surface area contributed by atoms with Crippen molar-refractivity contribution in [3.63, 3.8) is 0 Å². The van der Waals surface area contributed by atoms with Gasteiger partial charge in [-0.05, 0) is 37.1 Å². The summed E-state index contributed by atoms with van der Waals surface area (Å²) in [5.41, 5.74) is 2.96. The van der Waals surface area contributed by atoms with Crippen LogP contribution in [0.25, 0.3) is 0 Å². The number of nitrogens with one attached hydrogen (secondary N) is 2. The van der Waals surface area contributed by atoms with Gasteiger partial charge >= 0.3 is 5.97 Å². The molecule has 2 N–H and O–H groups in total. The first-order valence-corrected chi connectivity index (χ1v) is 7.86. The van der Waals surface area contributed by atoms with Crippen LogP contribution < -0.4 is 10.6 Å². The molecule has 0 radical (unpaired) electrons. The highest BCUT2D eigenvalue weighted by atomic mass is 16.5. The van der Waals surface area contributed by atoms with Crippen LogP contribution in [0.4, 0.5) is 5.69 Å². The molecule has 130 valence electrons. The Morgan fingerprint density at radius 3 is 2.75 bits per heavy atom. The van der Waals surface area contributed by atoms with Gasteiger partial charge in [0, 0.05) is 18.8 Å². The predicted molar refractivity (Wildman–Crippen MR) is 89.5 cm³/mol. The van der Waals surface area contributed by atoms with Crippen molar-refractivity contribution in [3.05, 3.63) is 29.3 Å². The van der Waals surface area contributed by atoms with Gasteiger partial charge in [0.15, 0.2) is 0 Å². The summed E-state index contributed by atoms with van der Waals surface area (Å²) in [7, 11) is 1.28. The SMILES string of the molecule is COC(=O)C[C@H]1C(=O)NCCN1CC(=O)Nc1ccc(C)c(C)c1. The second-order valence-electron chi connectivity index (χ2n) is 5.90. The van der Waals surface area contributed by atoms with E-state index in [0.717, 1.165) is 11.1 Å². The van der Waals surface area contributed by atoms with E-state index in [4.69, 9.17) is 0 Å². The number of nitrogens with zero attached hydrogens (tertiary/aromatic N) is 1. The van der Waals surface area contributed by atoms with Crippen LogP contribution in [0.3, 0.4) is 0 Å². The Hall–Kier alpha value is -2.41. The Morgan fingerprint density at radius 1 is 1.33 bits per heavy atom. The summed E-state index contributed by atoms with van der Waals surface area (Å²) in [6.45, 7) is 4.99. The van der Waals surface area contributed by atoms with Crippen LogP contribution in [-0.4, -0.2) is 55.5 Å². The molecular formula is C17H23N3O4. The maximum Gasteiger partial charge on any atom is 0.307 e. The zero-order valence-electron chi connectivity index (χ0n) is 14.2. The van der Waals surface area contributed by atoms with Crippen LogP contribution in [-0.2, 0) is 19.1 Å². The number of rotatable bonds is 5. The number of methoxy groups -OCH3 is 1. The van der Waals surface area contributed by atoms with Gasteiger partial charge < -0.3 is 15.4 Å². The predicted octanol–water partition coefficient (Wildman–Crippen LogP) is 0.605. The smallest absolute Gasteiger partial charge is 0.307 e. The maximum absolute atomic E-state index is 12.3. The fraction of sp³-hybridized carbons (Fsp3) is 0.471. The van der Waals surface area contributed by atoms with E-state index in [1.807, 2.05) is 32.0 Å². The van der Waals surface area contributed by atoms with Crippen LogP contribution in [0.15, 0.2) is 18.2 Å². The van der Waals surface area contributed by atoms with Crippen molar-refractivity contribution in [1.29, 1.82) is 0 Å². The topological polar surface area (TPSA) is 87.7 Å². The average molecular weight is 333 g/mol. The lowest BCUT2D eigenvalue weighted by Gasteiger charge is -2.33. The van der Waals surface area contributed by atoms with Crippen molar-refractivity contribution in [2.75, 3.05) is 32.1 Å². The minimum atomic E-state index is -0.684. The van der Waals surface area contributed by atoms with Crippen LogP contribution >= 0.6 is 0 Å². The van der Waals surface area contributed by atoms with Crippen LogP contribution in [0.2, 0.25) is 0 Å². The van der Waals surface area contributed by atoms with E-state index in [2.05, 4.69) is 15.4 Å². The van der Waals surface area contributed by atoms with E-state index in [0.29, 0.717) is 18.8 Å². The van der Waals surface area contributed by atoms with E-state index < -0.39 is 12.0 Å². The molecule has 24 heavy (non-hydrogen) atoms. The molecule has 0 unspecified atom stereocenters. The lowest BCUT2D eigenvalue weighted by molar-refractivity contribution is -0.146. The highest BCUT2D eigenvalue weighted by Crippen LogP contribution is 2.15. The average Bonchev–Trinajstić information content (AvgIpc) is 2.54. The van der Waals surface area contributed by atoms with Gasteiger partial charge in [0.1, 0.15) is 6.04 Å². The van der Waals surface area contributed by atoms with Crippen molar-refractivity contribution in [1.82, 2.24) is 10.2 Å². The van der Waals surface area contributed by atoms with Gasteiger partial charge in [0.25, 0.3) is 0 Å². The summed E-state index contributed by atoms with van der Waals surface area (Å²) < 4.78 is 4.63. The first kappa shape index (κ1) is 17.9. The molecule has 7 heteroatoms. The number of ether oxygens (including phenoxy) is 1. The van der Waals surface area contributed by atoms with E-state index in [1.54, 1.807) is 4.90 Å². The Balaban J connectivity index is 2.00. The Bertz CT molecular complexity index is 645. The molecule has 1 aliphatic heterocycles. The molecule has 0 saturated carbocycles. The summed E-state index contributed by atoms with van der Waals surface area (Å²) in [6, 6.07) is 5.01. The molecule has 1 aliphatic rings. The summed E-state index contributed by atoms with van der Waals surface area (Å²) in [5, 5.41) is 5.54. The first-order valence-electron chi connectivity index (χ1n) is 7.86. The summed E-state index contributed by atoms with van der Waals surface area (Å²) in [4.78, 5) is 37.5. The largest absolute Gasteiger partial charge is 0.469 e. The van der Waals surface area contributed by atoms with Crippen molar-refractivity contribution < 1.29 is 19.1 Å². The van der Waals surface area contributed by atoms with Gasteiger partial charge in [-0.1, -0.05) is 6.07 Å². The van der Waals surface area contributed by atoms with Crippen molar-refractivity contribution >= 4 is 23.5 Å². The maximum atomic E-state index is 12.3. The zero-order valence-corrected chi connectivity index (χ0v) is 14.2. The number of piperazine rings is 1. The highest BCUT2D eigenvalue weighted by Gasteiger charge is 2.33. The zero-order chi connectivity index (χ0) is 17.7. The van der Waals surface area contributed by atoms with Crippen molar-refractivity contribution in [2.24, 2.45) is 0 Å². The molecule has 1 aromatic rings. The Kier molecular flexibility index (Phi) is 5.92. The van der Waals surface area contributed by atoms with Gasteiger partial charge in [0.2, 0.25) is 11.8 Å². The number of hydrogen-bond donors (Lipinski definition) is 2. The number of benzene rings is 1. The molecular weight excluding hydrogens is 310 g/mol. The number of amides is 2. The minimum absolute atomic E-state index is 0.0437. The number of hydrogen-bond acceptors (Lipinski definition) is 5. The first-order chi connectivity index (χ1) is 11.4. The van der Waals surface area contributed by atoms with Gasteiger partial charge in [-0.3, -0.25) is 19.3 Å². The van der Waals surface area contributed by atoms with Gasteiger partial charge in [-0.15, -0.1) is 0 Å². The molecule has 0 bridgehead atoms. The Labute approximate surface area is 141 Å². The second-order valence-corrected chi connectivity index (χ2v) is 5.90. The number of anilines is 1. The number of carbonyl (C=O) groups is 3. The number of aryl methyl sites for hydroxylation is 2. The summed E-state index contributed by atoms with van der Waals surface area (Å²) in [5.74, 6) is -0.954. The van der Waals surface area contributed by atoms with Gasteiger partial charge in [-0.25, -0.2) is 0 Å². The molecule has 1 fully saturated rings. The third-order valence-electron chi connectivity index (χ3n) is 4.17. The lowest BCUT2D eigenvalue weighted by Crippen LogP contribution is -2.57. The van der Waals surface area contributed by atoms with E-state index in [9.17, 15) is 14.4 Å². The third kappa shape index (κ3) is 4.55. The second kappa shape index (κ2) is 7.92. The quantitative estimate of drug-likeness (QED) is 0.771. The molecule has 7 nitrogen and oxygen atoms in total. The monoisotopic (exact) mass is 333 g/mol. The normalized spacial score (nSPS) is 18.0. The van der Waals surface area contributed by atoms with Crippen LogP contribution in [0, 0.1) is 13.8 Å². The molecule has 0 aliphatic carbocycles. The molecule has 1 aromatic carbocycles. The molecule has 1 saturated heterocycles. The molecule has 1 heterocycles. The molecule has 0 spiro atoms. The fourth-order valence-corrected chi connectivity index (χ4v) is 2.62. The molecule has 1 atom stereocenters. The standard InChI is InChI=1S/C17H23N3O4/c1-11-4-5-13(8-12(11)2)19-15(21)10-20-7-6-18-17(23)14(20)9-16(22)24-3/h4-5,8,14H,6-7,9-10H2,1-3H3,(H,18,23)(H,19,21)/t14-/m0/s1. The van der Waals surface area contributed by atoms with Gasteiger partial charge in [-0.2, -0.15) is 0 Å². The highest BCUT2D eigenvalue weighted by molar-refractivity contribution is 5.93. The molecule has 0 aromatic heterocycles. The third-order valence-corrected chi connectivity index (χ3v) is 4.17. The number of esters is 1. The molecule has 2 amide bonds. The van der Waals surface area contributed by atoms with Crippen molar-refractivity contribution in [3.8, 4) is 0 Å². The van der Waals surface area contributed by atoms with Crippen molar-refractivity contribution in [2.45, 2.75) is 26.3 Å². The van der Waals surface area contributed by atoms with Gasteiger partial charge in [0.05, 0.1) is 20.1 Å². The summed E-state index contributed by atoms with van der Waals surface area (Å²) >= 11 is 0. The minimum Gasteiger partial charge on any atom is -0.469 e. The van der Waals surface area contributed by atoms with Crippen LogP contribution in [0.1, 0.15) is 17.5 Å². The van der Waals surface area contributed by atoms with E-state index >= 15 is 0 Å².